The second-order valence-electron chi connectivity index (χ2n) is 9.59. The van der Waals surface area contributed by atoms with Crippen LogP contribution < -0.4 is 0 Å². The first-order chi connectivity index (χ1) is 15.5. The van der Waals surface area contributed by atoms with Crippen molar-refractivity contribution in [2.45, 2.75) is 78.0 Å². The molecule has 2 heterocycles. The minimum atomic E-state index is 0.438. The third-order valence-electron chi connectivity index (χ3n) is 6.47. The van der Waals surface area contributed by atoms with Crippen LogP contribution in [-0.2, 0) is 22.7 Å². The molecule has 2 fully saturated rings. The van der Waals surface area contributed by atoms with Gasteiger partial charge in [0.2, 0.25) is 0 Å². The molecule has 2 aromatic rings. The predicted molar refractivity (Wildman–Crippen MR) is 133 cm³/mol. The monoisotopic (exact) mass is 438 g/mol. The Bertz CT molecular complexity index is 737. The predicted octanol–water partition coefficient (Wildman–Crippen LogP) is 5.37. The van der Waals surface area contributed by atoms with Crippen LogP contribution in [0.25, 0.3) is 0 Å². The van der Waals surface area contributed by atoms with E-state index in [1.54, 1.807) is 0 Å². The van der Waals surface area contributed by atoms with E-state index in [0.29, 0.717) is 24.3 Å². The van der Waals surface area contributed by atoms with Gasteiger partial charge in [-0.3, -0.25) is 4.90 Å². The molecule has 2 aliphatic rings. The topological polar surface area (TPSA) is 24.9 Å². The van der Waals surface area contributed by atoms with E-state index in [0.717, 1.165) is 26.3 Å². The first-order valence-electron chi connectivity index (χ1n) is 12.3. The molecule has 0 atom stereocenters. The summed E-state index contributed by atoms with van der Waals surface area (Å²) < 4.78 is 11.8. The molecule has 4 nitrogen and oxygen atoms in total. The van der Waals surface area contributed by atoms with Crippen LogP contribution in [0.3, 0.4) is 0 Å². The zero-order valence-corrected chi connectivity index (χ0v) is 20.5. The molecule has 0 aromatic heterocycles. The second kappa shape index (κ2) is 13.1. The molecule has 0 unspecified atom stereocenters. The van der Waals surface area contributed by atoms with Crippen molar-refractivity contribution in [3.63, 3.8) is 0 Å². The highest BCUT2D eigenvalue weighted by molar-refractivity contribution is 5.14. The van der Waals surface area contributed by atoms with Gasteiger partial charge in [0.05, 0.1) is 25.4 Å². The molecule has 2 aliphatic heterocycles. The number of ether oxygens (including phenoxy) is 2. The van der Waals surface area contributed by atoms with Crippen molar-refractivity contribution in [1.29, 1.82) is 0 Å². The summed E-state index contributed by atoms with van der Waals surface area (Å²) >= 11 is 0. The van der Waals surface area contributed by atoms with Gasteiger partial charge in [-0.25, -0.2) is 0 Å². The Morgan fingerprint density at radius 2 is 1.09 bits per heavy atom. The maximum Gasteiger partial charge on any atom is 0.0833 e. The fraction of sp³-hybridized carbons (Fsp3) is 0.571. The number of nitrogens with zero attached hydrogens (tertiary/aromatic N) is 2. The molecule has 0 bridgehead atoms. The molecule has 2 saturated heterocycles. The van der Waals surface area contributed by atoms with Crippen molar-refractivity contribution in [2.24, 2.45) is 0 Å². The van der Waals surface area contributed by atoms with E-state index in [1.807, 2.05) is 12.1 Å². The fourth-order valence-corrected chi connectivity index (χ4v) is 4.13. The Balaban J connectivity index is 0.000000182. The lowest BCUT2D eigenvalue weighted by Crippen LogP contribution is -2.54. The van der Waals surface area contributed by atoms with E-state index in [2.05, 4.69) is 86.0 Å². The number of hydrogen-bond acceptors (Lipinski definition) is 4. The molecular formula is C28H42N2O2. The molecule has 176 valence electrons. The van der Waals surface area contributed by atoms with Crippen LogP contribution in [0.4, 0.5) is 0 Å². The average molecular weight is 439 g/mol. The Labute approximate surface area is 195 Å². The maximum atomic E-state index is 5.97. The Morgan fingerprint density at radius 1 is 0.656 bits per heavy atom. The second-order valence-corrected chi connectivity index (χ2v) is 9.59. The zero-order valence-electron chi connectivity index (χ0n) is 20.5. The quantitative estimate of drug-likeness (QED) is 0.553. The number of hydrogen-bond donors (Lipinski definition) is 0. The highest BCUT2D eigenvalue weighted by atomic mass is 16.5. The lowest BCUT2D eigenvalue weighted by atomic mass is 10.1. The molecule has 0 saturated carbocycles. The molecule has 0 spiro atoms. The summed E-state index contributed by atoms with van der Waals surface area (Å²) in [6, 6.07) is 22.1. The molecule has 4 rings (SSSR count). The number of benzene rings is 2. The normalized spacial score (nSPS) is 18.4. The van der Waals surface area contributed by atoms with E-state index in [-0.39, 0.29) is 0 Å². The van der Waals surface area contributed by atoms with Crippen LogP contribution in [0.15, 0.2) is 60.7 Å². The lowest BCUT2D eigenvalue weighted by Gasteiger charge is -2.41. The number of rotatable bonds is 8. The molecule has 2 aromatic carbocycles. The van der Waals surface area contributed by atoms with E-state index in [4.69, 9.17) is 9.47 Å². The van der Waals surface area contributed by atoms with Crippen molar-refractivity contribution < 1.29 is 9.47 Å². The van der Waals surface area contributed by atoms with E-state index in [1.165, 1.54) is 37.1 Å². The van der Waals surface area contributed by atoms with Gasteiger partial charge in [0.15, 0.2) is 0 Å². The number of piperidine rings is 1. The van der Waals surface area contributed by atoms with Gasteiger partial charge in [0.1, 0.15) is 0 Å². The first kappa shape index (κ1) is 24.9. The minimum Gasteiger partial charge on any atom is -0.373 e. The third-order valence-corrected chi connectivity index (χ3v) is 6.47. The molecule has 0 radical (unpaired) electrons. The van der Waals surface area contributed by atoms with Crippen LogP contribution in [0, 0.1) is 0 Å². The smallest absolute Gasteiger partial charge is 0.0833 e. The van der Waals surface area contributed by atoms with Gasteiger partial charge < -0.3 is 14.4 Å². The molecule has 4 heteroatoms. The zero-order chi connectivity index (χ0) is 22.8. The largest absolute Gasteiger partial charge is 0.373 e. The summed E-state index contributed by atoms with van der Waals surface area (Å²) in [5.41, 5.74) is 2.54. The van der Waals surface area contributed by atoms with Gasteiger partial charge in [-0.1, -0.05) is 60.7 Å². The van der Waals surface area contributed by atoms with Crippen molar-refractivity contribution >= 4 is 0 Å². The summed E-state index contributed by atoms with van der Waals surface area (Å²) in [4.78, 5) is 4.96. The molecule has 0 aliphatic carbocycles. The summed E-state index contributed by atoms with van der Waals surface area (Å²) in [6.07, 6.45) is 3.23. The van der Waals surface area contributed by atoms with Crippen LogP contribution in [0.1, 0.15) is 51.7 Å². The van der Waals surface area contributed by atoms with Gasteiger partial charge in [-0.05, 0) is 51.7 Å². The summed E-state index contributed by atoms with van der Waals surface area (Å²) in [5, 5.41) is 0. The van der Waals surface area contributed by atoms with Gasteiger partial charge in [-0.15, -0.1) is 0 Å². The number of likely N-dealkylation sites (tertiary alicyclic amines) is 2. The Hall–Kier alpha value is -1.72. The first-order valence-corrected chi connectivity index (χ1v) is 12.3. The van der Waals surface area contributed by atoms with Crippen LogP contribution >= 0.6 is 0 Å². The van der Waals surface area contributed by atoms with E-state index in [9.17, 15) is 0 Å². The summed E-state index contributed by atoms with van der Waals surface area (Å²) in [6.45, 7) is 15.0. The fourth-order valence-electron chi connectivity index (χ4n) is 4.13. The molecule has 0 N–H and O–H groups in total. The van der Waals surface area contributed by atoms with Crippen LogP contribution in [0.2, 0.25) is 0 Å². The van der Waals surface area contributed by atoms with Crippen molar-refractivity contribution in [2.75, 3.05) is 26.2 Å². The Morgan fingerprint density at radius 3 is 1.53 bits per heavy atom. The van der Waals surface area contributed by atoms with Gasteiger partial charge in [0.25, 0.3) is 0 Å². The highest BCUT2D eigenvalue weighted by Gasteiger charge is 2.28. The molecule has 32 heavy (non-hydrogen) atoms. The van der Waals surface area contributed by atoms with Gasteiger partial charge in [-0.2, -0.15) is 0 Å². The van der Waals surface area contributed by atoms with E-state index < -0.39 is 0 Å². The summed E-state index contributed by atoms with van der Waals surface area (Å²) in [7, 11) is 0. The van der Waals surface area contributed by atoms with Crippen LogP contribution in [-0.4, -0.2) is 60.3 Å². The lowest BCUT2D eigenvalue weighted by molar-refractivity contribution is -0.0739. The minimum absolute atomic E-state index is 0.438. The maximum absolute atomic E-state index is 5.97. The van der Waals surface area contributed by atoms with E-state index >= 15 is 0 Å². The summed E-state index contributed by atoms with van der Waals surface area (Å²) in [5.74, 6) is 0. The van der Waals surface area contributed by atoms with Gasteiger partial charge >= 0.3 is 0 Å². The van der Waals surface area contributed by atoms with Gasteiger partial charge in [0, 0.05) is 38.3 Å². The van der Waals surface area contributed by atoms with Crippen LogP contribution in [0.5, 0.6) is 0 Å². The average Bonchev–Trinajstić information content (AvgIpc) is 2.78. The van der Waals surface area contributed by atoms with Crippen molar-refractivity contribution in [3.05, 3.63) is 71.8 Å². The highest BCUT2D eigenvalue weighted by Crippen LogP contribution is 2.18. The standard InChI is InChI=1S/C15H23NO.C13H19NO/c1-13(2)16-10-8-15(9-11-16)17-12-14-6-4-3-5-7-14;1-11(2)14-8-13(9-14)15-10-12-6-4-3-5-7-12/h3-7,13,15H,8-12H2,1-2H3;3-7,11,13H,8-10H2,1-2H3. The Kier molecular flexibility index (Phi) is 10.2. The molecule has 0 amide bonds. The molecular weight excluding hydrogens is 396 g/mol. The van der Waals surface area contributed by atoms with Crippen molar-refractivity contribution in [1.82, 2.24) is 9.80 Å². The van der Waals surface area contributed by atoms with Crippen molar-refractivity contribution in [3.8, 4) is 0 Å². The SMILES string of the molecule is CC(C)N1CC(OCc2ccccc2)C1.CC(C)N1CCC(OCc2ccccc2)CC1. The third kappa shape index (κ3) is 8.32.